The molecular formula is C30H32O20. The molecule has 2 saturated heterocycles. The molecule has 2 unspecified atom stereocenters. The zero-order chi connectivity index (χ0) is 36.6. The minimum atomic E-state index is -2.79. The van der Waals surface area contributed by atoms with Gasteiger partial charge >= 0.3 is 11.9 Å². The molecule has 2 aromatic carbocycles. The fourth-order valence-electron chi connectivity index (χ4n) is 5.17. The van der Waals surface area contributed by atoms with Crippen molar-refractivity contribution in [1.29, 1.82) is 0 Å². The number of aliphatic hydroxyl groups excluding tert-OH is 8. The van der Waals surface area contributed by atoms with Gasteiger partial charge in [0.15, 0.2) is 5.76 Å². The number of ether oxygens (including phenoxy) is 5. The molecule has 0 spiro atoms. The molecular weight excluding hydrogens is 680 g/mol. The Morgan fingerprint density at radius 3 is 1.68 bits per heavy atom. The van der Waals surface area contributed by atoms with Gasteiger partial charge in [-0.3, -0.25) is 4.79 Å². The number of fused-ring (bicyclic) bond motifs is 1. The standard InChI is InChI=1S/C30H32O20/c31-7-14-17(36)20(39)22(41)29(46-14)49-27(43)26(28(44)50-30-23(42)21(40)18(37)15(8-32)47-30)48-25-19(38)16-12(35)5-11(34)6-13(16)45-24(25)9-1-3-10(33)4-2-9/h1-6,14-15,17-18,20-23,26,29-37,39-42H,7-8H2/t14-,15-,17-,18-,20+,21+,22-,23-,26?,29?,30?/m1/s1. The van der Waals surface area contributed by atoms with Crippen molar-refractivity contribution in [2.75, 3.05) is 13.2 Å². The van der Waals surface area contributed by atoms with Crippen LogP contribution in [0.25, 0.3) is 22.3 Å². The maximum atomic E-state index is 13.8. The number of hydrogen-bond acceptors (Lipinski definition) is 20. The maximum absolute atomic E-state index is 13.8. The van der Waals surface area contributed by atoms with E-state index >= 15 is 0 Å². The molecule has 10 atom stereocenters. The quantitative estimate of drug-likeness (QED) is 0.0744. The van der Waals surface area contributed by atoms with Crippen LogP contribution >= 0.6 is 0 Å². The van der Waals surface area contributed by atoms with E-state index in [-0.39, 0.29) is 11.3 Å². The second-order valence-corrected chi connectivity index (χ2v) is 11.2. The van der Waals surface area contributed by atoms with E-state index in [9.17, 15) is 70.6 Å². The van der Waals surface area contributed by atoms with Gasteiger partial charge in [0.05, 0.1) is 13.2 Å². The van der Waals surface area contributed by atoms with Crippen LogP contribution in [0.3, 0.4) is 0 Å². The summed E-state index contributed by atoms with van der Waals surface area (Å²) in [5.74, 6) is -6.83. The first-order chi connectivity index (χ1) is 23.7. The highest BCUT2D eigenvalue weighted by Gasteiger charge is 2.49. The van der Waals surface area contributed by atoms with Crippen LogP contribution in [0.5, 0.6) is 23.0 Å². The monoisotopic (exact) mass is 712 g/mol. The molecule has 20 heteroatoms. The Bertz CT molecular complexity index is 1700. The third-order valence-corrected chi connectivity index (χ3v) is 7.87. The Morgan fingerprint density at radius 2 is 1.20 bits per heavy atom. The summed E-state index contributed by atoms with van der Waals surface area (Å²) in [6.07, 6.45) is -22.6. The normalized spacial score (nSPS) is 30.4. The summed E-state index contributed by atoms with van der Waals surface area (Å²) >= 11 is 0. The molecule has 272 valence electrons. The second-order valence-electron chi connectivity index (χ2n) is 11.2. The summed E-state index contributed by atoms with van der Waals surface area (Å²) in [6.45, 7) is -1.88. The summed E-state index contributed by atoms with van der Waals surface area (Å²) in [7, 11) is 0. The Balaban J connectivity index is 1.59. The molecule has 0 radical (unpaired) electrons. The molecule has 2 fully saturated rings. The Morgan fingerprint density at radius 1 is 0.700 bits per heavy atom. The zero-order valence-electron chi connectivity index (χ0n) is 25.3. The molecule has 11 N–H and O–H groups in total. The number of aromatic hydroxyl groups is 3. The van der Waals surface area contributed by atoms with Crippen LogP contribution in [0.2, 0.25) is 0 Å². The van der Waals surface area contributed by atoms with Crippen molar-refractivity contribution in [3.63, 3.8) is 0 Å². The van der Waals surface area contributed by atoms with E-state index in [2.05, 4.69) is 0 Å². The van der Waals surface area contributed by atoms with E-state index in [1.54, 1.807) is 0 Å². The molecule has 3 aromatic rings. The van der Waals surface area contributed by atoms with Gasteiger partial charge in [0.1, 0.15) is 77.0 Å². The van der Waals surface area contributed by atoms with Crippen molar-refractivity contribution in [2.24, 2.45) is 0 Å². The van der Waals surface area contributed by atoms with Crippen LogP contribution in [-0.4, -0.2) is 149 Å². The molecule has 0 amide bonds. The lowest BCUT2D eigenvalue weighted by Crippen LogP contribution is -2.61. The Hall–Kier alpha value is -4.61. The number of carbonyl (C=O) groups is 2. The van der Waals surface area contributed by atoms with Crippen LogP contribution < -0.4 is 10.2 Å². The number of rotatable bonds is 9. The largest absolute Gasteiger partial charge is 0.508 e. The summed E-state index contributed by atoms with van der Waals surface area (Å²) in [5, 5.41) is 110. The average molecular weight is 713 g/mol. The van der Waals surface area contributed by atoms with Gasteiger partial charge < -0.3 is 84.3 Å². The summed E-state index contributed by atoms with van der Waals surface area (Å²) in [6, 6.07) is 6.44. The van der Waals surface area contributed by atoms with E-state index in [0.717, 1.165) is 24.3 Å². The lowest BCUT2D eigenvalue weighted by Gasteiger charge is -2.40. The van der Waals surface area contributed by atoms with Gasteiger partial charge in [-0.15, -0.1) is 0 Å². The molecule has 0 bridgehead atoms. The number of esters is 2. The maximum Gasteiger partial charge on any atom is 0.361 e. The highest BCUT2D eigenvalue weighted by Crippen LogP contribution is 2.37. The van der Waals surface area contributed by atoms with Crippen molar-refractivity contribution < 1.29 is 93.9 Å². The molecule has 0 aliphatic carbocycles. The van der Waals surface area contributed by atoms with Crippen LogP contribution in [0.4, 0.5) is 0 Å². The second kappa shape index (κ2) is 14.7. The number of aliphatic hydroxyl groups is 8. The van der Waals surface area contributed by atoms with Gasteiger partial charge in [0, 0.05) is 17.7 Å². The van der Waals surface area contributed by atoms with Crippen LogP contribution in [0.1, 0.15) is 0 Å². The fraction of sp³-hybridized carbons (Fsp3) is 0.433. The minimum absolute atomic E-state index is 0.0389. The number of carbonyl (C=O) groups excluding carboxylic acids is 2. The van der Waals surface area contributed by atoms with Gasteiger partial charge in [0.25, 0.3) is 6.10 Å². The summed E-state index contributed by atoms with van der Waals surface area (Å²) in [5.41, 5.74) is -1.70. The van der Waals surface area contributed by atoms with Gasteiger partial charge in [-0.2, -0.15) is 0 Å². The van der Waals surface area contributed by atoms with E-state index in [1.165, 1.54) is 12.1 Å². The first-order valence-electron chi connectivity index (χ1n) is 14.7. The van der Waals surface area contributed by atoms with Crippen LogP contribution in [-0.2, 0) is 28.5 Å². The van der Waals surface area contributed by atoms with Crippen LogP contribution in [0.15, 0.2) is 45.6 Å². The fourth-order valence-corrected chi connectivity index (χ4v) is 5.17. The highest BCUT2D eigenvalue weighted by atomic mass is 16.7. The van der Waals surface area contributed by atoms with Gasteiger partial charge in [-0.25, -0.2) is 9.59 Å². The molecule has 50 heavy (non-hydrogen) atoms. The first kappa shape index (κ1) is 36.7. The molecule has 20 nitrogen and oxygen atoms in total. The number of phenolic OH excluding ortho intramolecular Hbond substituents is 3. The molecule has 0 saturated carbocycles. The third-order valence-electron chi connectivity index (χ3n) is 7.87. The van der Waals surface area contributed by atoms with E-state index in [0.29, 0.717) is 0 Å². The minimum Gasteiger partial charge on any atom is -0.508 e. The molecule has 5 rings (SSSR count). The van der Waals surface area contributed by atoms with E-state index in [1.807, 2.05) is 0 Å². The van der Waals surface area contributed by atoms with Gasteiger partial charge in [-0.1, -0.05) is 0 Å². The number of benzene rings is 2. The topological polar surface area (TPSA) is 333 Å². The summed E-state index contributed by atoms with van der Waals surface area (Å²) < 4.78 is 31.6. The number of phenols is 3. The molecule has 2 aliphatic heterocycles. The lowest BCUT2D eigenvalue weighted by atomic mass is 9.99. The van der Waals surface area contributed by atoms with Gasteiger partial charge in [-0.05, 0) is 24.3 Å². The zero-order valence-corrected chi connectivity index (χ0v) is 25.3. The molecule has 3 heterocycles. The van der Waals surface area contributed by atoms with E-state index in [4.69, 9.17) is 28.1 Å². The van der Waals surface area contributed by atoms with Crippen molar-refractivity contribution >= 4 is 22.9 Å². The summed E-state index contributed by atoms with van der Waals surface area (Å²) in [4.78, 5) is 41.0. The first-order valence-corrected chi connectivity index (χ1v) is 14.7. The van der Waals surface area contributed by atoms with Crippen molar-refractivity contribution in [3.8, 4) is 34.3 Å². The predicted molar refractivity (Wildman–Crippen MR) is 157 cm³/mol. The predicted octanol–water partition coefficient (Wildman–Crippen LogP) is -3.99. The van der Waals surface area contributed by atoms with E-state index < -0.39 is 132 Å². The smallest absolute Gasteiger partial charge is 0.361 e. The Kier molecular flexibility index (Phi) is 10.8. The molecule has 1 aromatic heterocycles. The van der Waals surface area contributed by atoms with Gasteiger partial charge in [0.2, 0.25) is 23.8 Å². The number of hydrogen-bond donors (Lipinski definition) is 11. The molecule has 2 aliphatic rings. The SMILES string of the molecule is O=C(OC1O[C@H](CO)[C@@H](O)[C@H](O)[C@H]1O)C(Oc1c(-c2ccc(O)cc2)oc2cc(O)cc(O)c2c1=O)C(=O)OC1O[C@H](CO)[C@@H](O)[C@H](O)[C@H]1O. The average Bonchev–Trinajstić information content (AvgIpc) is 3.08. The van der Waals surface area contributed by atoms with Crippen molar-refractivity contribution in [3.05, 3.63) is 46.6 Å². The van der Waals surface area contributed by atoms with Crippen molar-refractivity contribution in [1.82, 2.24) is 0 Å². The lowest BCUT2D eigenvalue weighted by molar-refractivity contribution is -0.299. The highest BCUT2D eigenvalue weighted by molar-refractivity contribution is 5.99. The van der Waals surface area contributed by atoms with Crippen LogP contribution in [0, 0.1) is 0 Å². The van der Waals surface area contributed by atoms with Crippen molar-refractivity contribution in [2.45, 2.75) is 67.5 Å². The Labute approximate surface area is 278 Å². The third kappa shape index (κ3) is 7.02.